The van der Waals surface area contributed by atoms with Crippen LogP contribution in [0.1, 0.15) is 21.5 Å². The number of hydrogen-bond acceptors (Lipinski definition) is 4. The summed E-state index contributed by atoms with van der Waals surface area (Å²) in [5.74, 6) is 0.465. The molecule has 5 aromatic rings. The second-order valence-electron chi connectivity index (χ2n) is 8.12. The van der Waals surface area contributed by atoms with E-state index < -0.39 is 0 Å². The fourth-order valence-electron chi connectivity index (χ4n) is 3.74. The van der Waals surface area contributed by atoms with Gasteiger partial charge in [-0.2, -0.15) is 5.10 Å². The molecule has 0 saturated heterocycles. The second kappa shape index (κ2) is 11.0. The van der Waals surface area contributed by atoms with E-state index in [1.165, 1.54) is 0 Å². The molecule has 1 aromatic heterocycles. The monoisotopic (exact) mass is 535 g/mol. The zero-order valence-corrected chi connectivity index (χ0v) is 20.9. The third-order valence-electron chi connectivity index (χ3n) is 5.61. The van der Waals surface area contributed by atoms with Gasteiger partial charge in [-0.3, -0.25) is 4.79 Å². The Morgan fingerprint density at radius 1 is 0.889 bits per heavy atom. The Balaban J connectivity index is 1.27. The maximum absolute atomic E-state index is 13.1. The quantitative estimate of drug-likeness (QED) is 0.180. The molecule has 0 aliphatic rings. The number of hydrogen-bond donors (Lipinski definition) is 1. The maximum atomic E-state index is 13.1. The van der Waals surface area contributed by atoms with Crippen molar-refractivity contribution in [1.82, 2.24) is 10.4 Å². The molecular weight excluding hydrogens is 514 g/mol. The molecule has 6 heteroatoms. The zero-order valence-electron chi connectivity index (χ0n) is 19.3. The molecule has 0 saturated carbocycles. The van der Waals surface area contributed by atoms with Gasteiger partial charge < -0.3 is 4.74 Å². The number of nitrogens with one attached hydrogen (secondary N) is 1. The number of aromatic nitrogens is 1. The van der Waals surface area contributed by atoms with Crippen LogP contribution < -0.4 is 10.2 Å². The average molecular weight is 536 g/mol. The summed E-state index contributed by atoms with van der Waals surface area (Å²) in [5.41, 5.74) is 7.55. The number of nitrogens with zero attached hydrogens (tertiary/aromatic N) is 2. The average Bonchev–Trinajstić information content (AvgIpc) is 2.93. The van der Waals surface area contributed by atoms with Gasteiger partial charge in [-0.05, 0) is 59.7 Å². The van der Waals surface area contributed by atoms with E-state index in [0.29, 0.717) is 12.2 Å². The minimum Gasteiger partial charge on any atom is -0.489 e. The molecule has 5 nitrogen and oxygen atoms in total. The third-order valence-corrected chi connectivity index (χ3v) is 6.14. The predicted molar refractivity (Wildman–Crippen MR) is 147 cm³/mol. The third kappa shape index (κ3) is 5.67. The van der Waals surface area contributed by atoms with E-state index in [4.69, 9.17) is 9.72 Å². The van der Waals surface area contributed by atoms with Crippen LogP contribution in [0.3, 0.4) is 0 Å². The Labute approximate surface area is 217 Å². The molecule has 1 N–H and O–H groups in total. The smallest absolute Gasteiger partial charge is 0.272 e. The van der Waals surface area contributed by atoms with Crippen LogP contribution in [0.2, 0.25) is 0 Å². The molecule has 0 aliphatic carbocycles. The highest BCUT2D eigenvalue weighted by Crippen LogP contribution is 2.25. The molecule has 0 radical (unpaired) electrons. The van der Waals surface area contributed by atoms with E-state index >= 15 is 0 Å². The van der Waals surface area contributed by atoms with Crippen molar-refractivity contribution in [3.05, 3.63) is 130 Å². The van der Waals surface area contributed by atoms with Gasteiger partial charge in [-0.15, -0.1) is 0 Å². The van der Waals surface area contributed by atoms with Crippen molar-refractivity contribution in [2.45, 2.75) is 6.61 Å². The number of amides is 1. The first-order valence-electron chi connectivity index (χ1n) is 11.4. The zero-order chi connectivity index (χ0) is 24.7. The topological polar surface area (TPSA) is 63.6 Å². The van der Waals surface area contributed by atoms with E-state index in [1.807, 2.05) is 103 Å². The number of fused-ring (bicyclic) bond motifs is 1. The van der Waals surface area contributed by atoms with Gasteiger partial charge in [-0.25, -0.2) is 10.4 Å². The van der Waals surface area contributed by atoms with Crippen LogP contribution in [0.15, 0.2) is 119 Å². The molecule has 0 spiro atoms. The first-order valence-corrected chi connectivity index (χ1v) is 12.2. The highest BCUT2D eigenvalue weighted by atomic mass is 79.9. The van der Waals surface area contributed by atoms with E-state index in [2.05, 4.69) is 26.5 Å². The van der Waals surface area contributed by atoms with Gasteiger partial charge >= 0.3 is 0 Å². The lowest BCUT2D eigenvalue weighted by molar-refractivity contribution is 0.0956. The molecule has 1 heterocycles. The van der Waals surface area contributed by atoms with Gasteiger partial charge in [0.2, 0.25) is 0 Å². The Morgan fingerprint density at radius 2 is 1.61 bits per heavy atom. The standard InChI is InChI=1S/C30H22BrN3O2/c31-24-14-10-22(11-15-24)20-36-25-16-12-21(13-17-25)19-32-34-30(35)27-18-29(23-6-2-1-3-7-23)33-28-9-5-4-8-26(27)28/h1-19H,20H2,(H,34,35)/b32-19+. The Morgan fingerprint density at radius 3 is 2.39 bits per heavy atom. The molecule has 0 aliphatic heterocycles. The summed E-state index contributed by atoms with van der Waals surface area (Å²) in [6, 6.07) is 34.8. The van der Waals surface area contributed by atoms with E-state index in [0.717, 1.165) is 43.5 Å². The molecule has 5 rings (SSSR count). The van der Waals surface area contributed by atoms with Crippen LogP contribution in [0.5, 0.6) is 5.75 Å². The van der Waals surface area contributed by atoms with Crippen molar-refractivity contribution < 1.29 is 9.53 Å². The van der Waals surface area contributed by atoms with Gasteiger partial charge in [0.25, 0.3) is 5.91 Å². The van der Waals surface area contributed by atoms with Crippen molar-refractivity contribution in [3.8, 4) is 17.0 Å². The van der Waals surface area contributed by atoms with Gasteiger partial charge in [0.15, 0.2) is 0 Å². The summed E-state index contributed by atoms with van der Waals surface area (Å²) in [5, 5.41) is 4.94. The number of rotatable bonds is 7. The summed E-state index contributed by atoms with van der Waals surface area (Å²) in [6.45, 7) is 0.488. The lowest BCUT2D eigenvalue weighted by atomic mass is 10.0. The largest absolute Gasteiger partial charge is 0.489 e. The summed E-state index contributed by atoms with van der Waals surface area (Å²) < 4.78 is 6.88. The van der Waals surface area contributed by atoms with Crippen molar-refractivity contribution in [1.29, 1.82) is 0 Å². The number of halogens is 1. The first kappa shape index (κ1) is 23.5. The van der Waals surface area contributed by atoms with Crippen LogP contribution >= 0.6 is 15.9 Å². The molecular formula is C30H22BrN3O2. The second-order valence-corrected chi connectivity index (χ2v) is 9.04. The van der Waals surface area contributed by atoms with Crippen LogP contribution in [0, 0.1) is 0 Å². The van der Waals surface area contributed by atoms with E-state index in [1.54, 1.807) is 12.3 Å². The summed E-state index contributed by atoms with van der Waals surface area (Å²) >= 11 is 3.43. The molecule has 1 amide bonds. The molecule has 4 aromatic carbocycles. The van der Waals surface area contributed by atoms with Crippen molar-refractivity contribution in [3.63, 3.8) is 0 Å². The first-order chi connectivity index (χ1) is 17.7. The van der Waals surface area contributed by atoms with Gasteiger partial charge in [0.1, 0.15) is 12.4 Å². The Kier molecular flexibility index (Phi) is 7.15. The summed E-state index contributed by atoms with van der Waals surface area (Å²) in [6.07, 6.45) is 1.61. The number of hydrazone groups is 1. The highest BCUT2D eigenvalue weighted by molar-refractivity contribution is 9.10. The number of pyridine rings is 1. The SMILES string of the molecule is O=C(N/N=C/c1ccc(OCc2ccc(Br)cc2)cc1)c1cc(-c2ccccc2)nc2ccccc12. The molecule has 0 bridgehead atoms. The van der Waals surface area contributed by atoms with Crippen molar-refractivity contribution in [2.24, 2.45) is 5.10 Å². The lowest BCUT2D eigenvalue weighted by Gasteiger charge is -2.09. The number of ether oxygens (including phenoxy) is 1. The van der Waals surface area contributed by atoms with Crippen LogP contribution in [-0.4, -0.2) is 17.1 Å². The fourth-order valence-corrected chi connectivity index (χ4v) is 4.01. The molecule has 0 unspecified atom stereocenters. The van der Waals surface area contributed by atoms with Crippen molar-refractivity contribution >= 4 is 39.0 Å². The molecule has 176 valence electrons. The number of benzene rings is 4. The molecule has 36 heavy (non-hydrogen) atoms. The minimum absolute atomic E-state index is 0.295. The molecule has 0 fully saturated rings. The van der Waals surface area contributed by atoms with Gasteiger partial charge in [0, 0.05) is 15.4 Å². The van der Waals surface area contributed by atoms with Gasteiger partial charge in [0.05, 0.1) is 23.0 Å². The van der Waals surface area contributed by atoms with Crippen LogP contribution in [0.4, 0.5) is 0 Å². The summed E-state index contributed by atoms with van der Waals surface area (Å²) in [4.78, 5) is 17.8. The van der Waals surface area contributed by atoms with Crippen LogP contribution in [0.25, 0.3) is 22.2 Å². The van der Waals surface area contributed by atoms with Crippen molar-refractivity contribution in [2.75, 3.05) is 0 Å². The van der Waals surface area contributed by atoms with Crippen LogP contribution in [-0.2, 0) is 6.61 Å². The van der Waals surface area contributed by atoms with Gasteiger partial charge in [-0.1, -0.05) is 76.6 Å². The number of carbonyl (C=O) groups is 1. The maximum Gasteiger partial charge on any atom is 0.272 e. The fraction of sp³-hybridized carbons (Fsp3) is 0.0333. The summed E-state index contributed by atoms with van der Waals surface area (Å²) in [7, 11) is 0. The normalized spacial score (nSPS) is 11.0. The minimum atomic E-state index is -0.295. The predicted octanol–water partition coefficient (Wildman–Crippen LogP) is 7.01. The van der Waals surface area contributed by atoms with E-state index in [9.17, 15) is 4.79 Å². The lowest BCUT2D eigenvalue weighted by Crippen LogP contribution is -2.18. The number of carbonyl (C=O) groups excluding carboxylic acids is 1. The Bertz CT molecular complexity index is 1520. The highest BCUT2D eigenvalue weighted by Gasteiger charge is 2.13. The number of para-hydroxylation sites is 1. The Hall–Kier alpha value is -4.29. The molecule has 0 atom stereocenters. The van der Waals surface area contributed by atoms with E-state index in [-0.39, 0.29) is 5.91 Å².